The Morgan fingerprint density at radius 1 is 1.33 bits per heavy atom. The predicted octanol–water partition coefficient (Wildman–Crippen LogP) is -0.276. The summed E-state index contributed by atoms with van der Waals surface area (Å²) in [6.45, 7) is 2.60. The number of carboxylic acids is 2. The summed E-state index contributed by atoms with van der Waals surface area (Å²) in [5, 5.41) is 32.5. The Morgan fingerprint density at radius 3 is 2.64 bits per heavy atom. The maximum atomic E-state index is 13.2. The van der Waals surface area contributed by atoms with E-state index in [0.29, 0.717) is 0 Å². The van der Waals surface area contributed by atoms with Gasteiger partial charge in [0.05, 0.1) is 5.75 Å². The van der Waals surface area contributed by atoms with Crippen LogP contribution >= 0.6 is 23.1 Å². The number of nitrogens with two attached hydrogens (primary N) is 1. The lowest BCUT2D eigenvalue weighted by atomic mass is 10.0. The van der Waals surface area contributed by atoms with Crippen molar-refractivity contribution in [3.63, 3.8) is 0 Å². The summed E-state index contributed by atoms with van der Waals surface area (Å²) in [4.78, 5) is 59.0. The first-order chi connectivity index (χ1) is 16.9. The summed E-state index contributed by atoms with van der Waals surface area (Å²) < 4.78 is 1.42. The zero-order valence-electron chi connectivity index (χ0n) is 18.9. The van der Waals surface area contributed by atoms with Gasteiger partial charge in [-0.1, -0.05) is 0 Å². The van der Waals surface area contributed by atoms with Crippen molar-refractivity contribution in [1.82, 2.24) is 15.2 Å². The molecule has 0 aromatic carbocycles. The zero-order valence-corrected chi connectivity index (χ0v) is 20.5. The molecule has 0 bridgehead atoms. The molecule has 188 valence electrons. The number of fused-ring (bicyclic) bond motifs is 1. The molecule has 2 aliphatic heterocycles. The fourth-order valence-electron chi connectivity index (χ4n) is 3.59. The number of aliphatic imine (C=N–C) groups is 1. The van der Waals surface area contributed by atoms with Gasteiger partial charge in [-0.15, -0.1) is 23.1 Å². The number of rotatable bonds is 7. The largest absolute Gasteiger partial charge is 0.503 e. The molecule has 2 atom stereocenters. The molecular formula is C21H21N6O7S2+. The first kappa shape index (κ1) is 25.1. The number of aromatic nitrogens is 2. The Labute approximate surface area is 212 Å². The van der Waals surface area contributed by atoms with Gasteiger partial charge in [-0.25, -0.2) is 14.6 Å². The van der Waals surface area contributed by atoms with Gasteiger partial charge in [0.25, 0.3) is 11.8 Å². The number of thiazole rings is 1. The number of β-lactam (4-membered cyclic amide) rings is 1. The van der Waals surface area contributed by atoms with Gasteiger partial charge in [-0.3, -0.25) is 19.5 Å². The van der Waals surface area contributed by atoms with Gasteiger partial charge in [0, 0.05) is 11.4 Å². The number of nitrogen functional groups attached to an aromatic ring is 1. The molecule has 2 amide bonds. The molecule has 4 rings (SSSR count). The standard InChI is InChI=1S/C21H20N6O7S2/c1-21(2,19(33)34)25-12(10-7-36-20(22)23-10)15(29)24-13-16(30)27-14(18(31)32)11(8-35-17(13)27)26-5-3-4-9(28)6-26/h3-7,13,17H,8H2,1-2H3,(H5-,22,23,24,28,29,31,32,33,34)/p+1/t13?,17-/m1/s1. The molecule has 0 spiro atoms. The molecule has 2 aromatic heterocycles. The molecule has 2 aromatic rings. The highest BCUT2D eigenvalue weighted by Gasteiger charge is 2.56. The molecule has 4 heterocycles. The van der Waals surface area contributed by atoms with Gasteiger partial charge < -0.3 is 26.4 Å². The maximum absolute atomic E-state index is 13.2. The van der Waals surface area contributed by atoms with Crippen LogP contribution in [0.1, 0.15) is 19.5 Å². The summed E-state index contributed by atoms with van der Waals surface area (Å²) >= 11 is 2.26. The number of carboxylic acid groups (broad SMARTS) is 2. The van der Waals surface area contributed by atoms with Crippen molar-refractivity contribution in [3.8, 4) is 5.75 Å². The van der Waals surface area contributed by atoms with Crippen LogP contribution in [0.25, 0.3) is 5.70 Å². The quantitative estimate of drug-likeness (QED) is 0.179. The highest BCUT2D eigenvalue weighted by molar-refractivity contribution is 8.00. The lowest BCUT2D eigenvalue weighted by Crippen LogP contribution is -2.71. The molecule has 6 N–H and O–H groups in total. The number of hydrogen-bond donors (Lipinski definition) is 5. The number of carbonyl (C=O) groups is 4. The molecule has 13 nitrogen and oxygen atoms in total. The molecule has 0 aliphatic carbocycles. The normalized spacial score (nSPS) is 20.0. The number of hydrogen-bond acceptors (Lipinski definition) is 10. The van der Waals surface area contributed by atoms with Gasteiger partial charge in [0.2, 0.25) is 11.9 Å². The van der Waals surface area contributed by atoms with Crippen LogP contribution in [0.2, 0.25) is 0 Å². The zero-order chi connectivity index (χ0) is 26.4. The van der Waals surface area contributed by atoms with E-state index in [2.05, 4.69) is 15.3 Å². The second-order valence-electron chi connectivity index (χ2n) is 8.33. The fraction of sp³-hybridized carbons (Fsp3) is 0.286. The molecule has 0 radical (unpaired) electrons. The van der Waals surface area contributed by atoms with E-state index in [1.807, 2.05) is 0 Å². The van der Waals surface area contributed by atoms with Crippen LogP contribution in [0.5, 0.6) is 5.75 Å². The fourth-order valence-corrected chi connectivity index (χ4v) is 5.49. The van der Waals surface area contributed by atoms with Crippen LogP contribution < -0.4 is 15.6 Å². The topological polar surface area (TPSA) is 199 Å². The maximum Gasteiger partial charge on any atom is 0.359 e. The van der Waals surface area contributed by atoms with Gasteiger partial charge in [0.15, 0.2) is 34.0 Å². The van der Waals surface area contributed by atoms with E-state index in [0.717, 1.165) is 16.2 Å². The van der Waals surface area contributed by atoms with Gasteiger partial charge in [0.1, 0.15) is 17.1 Å². The third kappa shape index (κ3) is 4.49. The van der Waals surface area contributed by atoms with Crippen LogP contribution in [-0.2, 0) is 19.2 Å². The van der Waals surface area contributed by atoms with Crippen LogP contribution in [0.3, 0.4) is 0 Å². The van der Waals surface area contributed by atoms with Crippen LogP contribution in [0.15, 0.2) is 40.6 Å². The van der Waals surface area contributed by atoms with Crippen molar-refractivity contribution in [3.05, 3.63) is 41.3 Å². The average Bonchev–Trinajstić information content (AvgIpc) is 3.25. The molecule has 0 saturated carbocycles. The SMILES string of the molecule is CC(C)(N=C(C(=O)NC1C(=O)N2C(C(=O)O)=C([n+]3cccc(O)c3)CS[C@H]12)c1csc(N)n1)C(=O)O. The first-order valence-electron chi connectivity index (χ1n) is 10.4. The number of nitrogens with zero attached hydrogens (tertiary/aromatic N) is 4. The number of aromatic hydroxyl groups is 1. The average molecular weight is 534 g/mol. The van der Waals surface area contributed by atoms with Crippen LogP contribution in [0, 0.1) is 0 Å². The molecule has 15 heteroatoms. The minimum absolute atomic E-state index is 0.0537. The monoisotopic (exact) mass is 533 g/mol. The van der Waals surface area contributed by atoms with E-state index in [4.69, 9.17) is 5.73 Å². The summed E-state index contributed by atoms with van der Waals surface area (Å²) in [6.07, 6.45) is 2.88. The second-order valence-corrected chi connectivity index (χ2v) is 10.3. The van der Waals surface area contributed by atoms with Crippen molar-refractivity contribution in [2.75, 3.05) is 11.5 Å². The minimum atomic E-state index is -1.67. The third-order valence-electron chi connectivity index (χ3n) is 5.43. The van der Waals surface area contributed by atoms with E-state index >= 15 is 0 Å². The Balaban J connectivity index is 1.63. The van der Waals surface area contributed by atoms with Crippen molar-refractivity contribution in [2.24, 2.45) is 4.99 Å². The minimum Gasteiger partial charge on any atom is -0.503 e. The van der Waals surface area contributed by atoms with E-state index in [1.54, 1.807) is 6.20 Å². The Kier molecular flexibility index (Phi) is 6.44. The highest BCUT2D eigenvalue weighted by atomic mass is 32.2. The van der Waals surface area contributed by atoms with Crippen molar-refractivity contribution < 1.29 is 39.1 Å². The van der Waals surface area contributed by atoms with Crippen molar-refractivity contribution in [2.45, 2.75) is 30.8 Å². The summed E-state index contributed by atoms with van der Waals surface area (Å²) in [6, 6.07) is 1.88. The Bertz CT molecular complexity index is 1350. The van der Waals surface area contributed by atoms with Gasteiger partial charge in [-0.05, 0) is 19.9 Å². The van der Waals surface area contributed by atoms with Crippen molar-refractivity contribution >= 4 is 63.4 Å². The lowest BCUT2D eigenvalue weighted by Gasteiger charge is -2.48. The van der Waals surface area contributed by atoms with Crippen LogP contribution in [0.4, 0.5) is 5.13 Å². The number of pyridine rings is 1. The van der Waals surface area contributed by atoms with E-state index in [-0.39, 0.29) is 39.4 Å². The Morgan fingerprint density at radius 2 is 2.06 bits per heavy atom. The Hall–Kier alpha value is -3.98. The molecular weight excluding hydrogens is 512 g/mol. The molecule has 1 saturated heterocycles. The number of anilines is 1. The van der Waals surface area contributed by atoms with E-state index in [9.17, 15) is 34.5 Å². The number of amides is 2. The first-order valence-corrected chi connectivity index (χ1v) is 12.3. The van der Waals surface area contributed by atoms with Gasteiger partial charge in [-0.2, -0.15) is 4.57 Å². The third-order valence-corrected chi connectivity index (χ3v) is 7.37. The molecule has 36 heavy (non-hydrogen) atoms. The molecule has 1 unspecified atom stereocenters. The van der Waals surface area contributed by atoms with E-state index < -0.39 is 40.7 Å². The van der Waals surface area contributed by atoms with Crippen molar-refractivity contribution in [1.29, 1.82) is 0 Å². The lowest BCUT2D eigenvalue weighted by molar-refractivity contribution is -0.582. The van der Waals surface area contributed by atoms with Gasteiger partial charge >= 0.3 is 11.9 Å². The van der Waals surface area contributed by atoms with Crippen LogP contribution in [-0.4, -0.2) is 77.4 Å². The molecule has 1 fully saturated rings. The van der Waals surface area contributed by atoms with E-state index in [1.165, 1.54) is 53.9 Å². The summed E-state index contributed by atoms with van der Waals surface area (Å²) in [5.74, 6) is -4.04. The summed E-state index contributed by atoms with van der Waals surface area (Å²) in [7, 11) is 0. The predicted molar refractivity (Wildman–Crippen MR) is 129 cm³/mol. The smallest absolute Gasteiger partial charge is 0.359 e. The number of carbonyl (C=O) groups excluding carboxylic acids is 2. The number of aliphatic carboxylic acids is 2. The highest BCUT2D eigenvalue weighted by Crippen LogP contribution is 2.40. The number of nitrogens with one attached hydrogen (secondary N) is 1. The molecule has 2 aliphatic rings. The second kappa shape index (κ2) is 9.23. The number of thioether (sulfide) groups is 1. The summed E-state index contributed by atoms with van der Waals surface area (Å²) in [5.41, 5.74) is 3.74.